The molecule has 0 spiro atoms. The second-order valence-electron chi connectivity index (χ2n) is 8.44. The summed E-state index contributed by atoms with van der Waals surface area (Å²) in [6.07, 6.45) is 0. The van der Waals surface area contributed by atoms with Gasteiger partial charge in [-0.25, -0.2) is 14.6 Å². The van der Waals surface area contributed by atoms with Crippen LogP contribution in [0.4, 0.5) is 5.13 Å². The number of carbonyl (C=O) groups excluding carboxylic acids is 2. The molecular formula is C23H20N6O6S5. The first kappa shape index (κ1) is 28.4. The van der Waals surface area contributed by atoms with Crippen LogP contribution in [0, 0.1) is 6.92 Å². The Labute approximate surface area is 247 Å². The fourth-order valence-corrected chi connectivity index (χ4v) is 9.14. The Morgan fingerprint density at radius 3 is 2.65 bits per heavy atom. The van der Waals surface area contributed by atoms with E-state index in [4.69, 9.17) is 5.73 Å². The Morgan fingerprint density at radius 1 is 1.23 bits per heavy atom. The number of nitrogen functional groups attached to an aromatic ring is 1. The summed E-state index contributed by atoms with van der Waals surface area (Å²) in [5, 5.41) is 31.3. The number of nitrogens with two attached hydrogens (primary N) is 1. The minimum atomic E-state index is -1.22. The predicted octanol–water partition coefficient (Wildman–Crippen LogP) is 2.95. The monoisotopic (exact) mass is 636 g/mol. The number of aliphatic carboxylic acids is 1. The maximum Gasteiger partial charge on any atom is 0.352 e. The van der Waals surface area contributed by atoms with Gasteiger partial charge in [0.25, 0.3) is 5.91 Å². The molecule has 4 heterocycles. The third kappa shape index (κ3) is 5.69. The summed E-state index contributed by atoms with van der Waals surface area (Å²) in [6, 6.07) is 5.31. The fraction of sp³-hybridized carbons (Fsp3) is 0.261. The number of aromatic nitrogens is 3. The highest BCUT2D eigenvalue weighted by Gasteiger charge is 2.54. The molecule has 0 aliphatic carbocycles. The molecule has 1 fully saturated rings. The van der Waals surface area contributed by atoms with Gasteiger partial charge < -0.3 is 21.3 Å². The number of rotatable bonds is 10. The Hall–Kier alpha value is -3.12. The second kappa shape index (κ2) is 11.8. The van der Waals surface area contributed by atoms with Gasteiger partial charge in [-0.3, -0.25) is 14.5 Å². The van der Waals surface area contributed by atoms with Gasteiger partial charge in [-0.15, -0.1) is 45.1 Å². The van der Waals surface area contributed by atoms with Crippen LogP contribution in [0.3, 0.4) is 0 Å². The molecule has 3 aromatic rings. The molecule has 12 nitrogen and oxygen atoms in total. The predicted molar refractivity (Wildman–Crippen MR) is 154 cm³/mol. The molecule has 2 aliphatic rings. The number of anilines is 1. The average molecular weight is 637 g/mol. The summed E-state index contributed by atoms with van der Waals surface area (Å²) in [7, 11) is 0. The summed E-state index contributed by atoms with van der Waals surface area (Å²) >= 11 is 6.24. The highest BCUT2D eigenvalue weighted by atomic mass is 32.2. The van der Waals surface area contributed by atoms with E-state index in [1.54, 1.807) is 23.6 Å². The van der Waals surface area contributed by atoms with Crippen molar-refractivity contribution in [2.75, 3.05) is 17.2 Å². The first-order valence-electron chi connectivity index (χ1n) is 11.5. The minimum Gasteiger partial charge on any atom is -0.478 e. The first-order chi connectivity index (χ1) is 19.1. The highest BCUT2D eigenvalue weighted by molar-refractivity contribution is 8.02. The number of hydrogen-bond donors (Lipinski definition) is 4. The number of amides is 2. The lowest BCUT2D eigenvalue weighted by molar-refractivity contribution is -0.150. The summed E-state index contributed by atoms with van der Waals surface area (Å²) in [4.78, 5) is 56.4. The van der Waals surface area contributed by atoms with Crippen LogP contribution < -0.4 is 11.1 Å². The van der Waals surface area contributed by atoms with Gasteiger partial charge in [0.15, 0.2) is 9.47 Å². The van der Waals surface area contributed by atoms with Gasteiger partial charge in [0, 0.05) is 21.8 Å². The molecule has 5 rings (SSSR count). The standard InChI is InChI=1S/C23H20N6O6S5/c1-9-27-28-23(39-9)38-7-10-6-36-19-14(18(31)29(19)15(10)21(34)35)26-17(30)16(12-8-37-22(24)25-12)40-13-5-3-2-4-11(13)20(32)33/h2-5,8,14,16,19H,6-7H2,1H3,(H2,24,25)(H,26,30)(H,32,33)(H,34,35)/t14?,16?,19-/m0/s1. The van der Waals surface area contributed by atoms with E-state index in [0.29, 0.717) is 32.0 Å². The second-order valence-corrected chi connectivity index (χ2v) is 14.0. The van der Waals surface area contributed by atoms with Gasteiger partial charge in [0.2, 0.25) is 5.91 Å². The number of thiazole rings is 1. The molecule has 2 aliphatic heterocycles. The van der Waals surface area contributed by atoms with Crippen LogP contribution in [0.2, 0.25) is 0 Å². The third-order valence-corrected chi connectivity index (χ3v) is 11.2. The van der Waals surface area contributed by atoms with Crippen LogP contribution in [0.25, 0.3) is 0 Å². The molecule has 0 bridgehead atoms. The zero-order chi connectivity index (χ0) is 28.6. The van der Waals surface area contributed by atoms with Crippen molar-refractivity contribution >= 4 is 86.8 Å². The van der Waals surface area contributed by atoms with Crippen molar-refractivity contribution in [2.24, 2.45) is 0 Å². The molecule has 1 saturated heterocycles. The Bertz CT molecular complexity index is 1540. The molecule has 2 unspecified atom stereocenters. The van der Waals surface area contributed by atoms with E-state index in [1.165, 1.54) is 45.8 Å². The van der Waals surface area contributed by atoms with Crippen molar-refractivity contribution in [3.05, 3.63) is 57.2 Å². The van der Waals surface area contributed by atoms with E-state index in [1.807, 2.05) is 6.92 Å². The molecule has 5 N–H and O–H groups in total. The first-order valence-corrected chi connectivity index (χ1v) is 16.1. The van der Waals surface area contributed by atoms with Gasteiger partial charge in [-0.1, -0.05) is 35.2 Å². The van der Waals surface area contributed by atoms with Crippen LogP contribution in [0.15, 0.2) is 50.2 Å². The maximum atomic E-state index is 13.5. The number of β-lactam (4-membered cyclic amide) rings is 1. The van der Waals surface area contributed by atoms with E-state index in [0.717, 1.165) is 28.1 Å². The van der Waals surface area contributed by atoms with Gasteiger partial charge in [-0.05, 0) is 24.6 Å². The molecule has 208 valence electrons. The number of hydrogen-bond acceptors (Lipinski definition) is 13. The number of fused-ring (bicyclic) bond motifs is 1. The maximum absolute atomic E-state index is 13.5. The summed E-state index contributed by atoms with van der Waals surface area (Å²) < 4.78 is 0.706. The molecule has 0 saturated carbocycles. The normalized spacial score (nSPS) is 19.1. The zero-order valence-corrected chi connectivity index (χ0v) is 24.6. The van der Waals surface area contributed by atoms with Crippen molar-refractivity contribution in [2.45, 2.75) is 32.8 Å². The van der Waals surface area contributed by atoms with Crippen molar-refractivity contribution < 1.29 is 29.4 Å². The van der Waals surface area contributed by atoms with E-state index in [9.17, 15) is 29.4 Å². The number of aromatic carboxylic acids is 1. The number of aryl methyl sites for hydroxylation is 1. The number of thioether (sulfide) groups is 3. The Morgan fingerprint density at radius 2 is 2.00 bits per heavy atom. The van der Waals surface area contributed by atoms with Crippen LogP contribution in [0.1, 0.15) is 26.3 Å². The Kier molecular flexibility index (Phi) is 8.37. The van der Waals surface area contributed by atoms with E-state index in [2.05, 4.69) is 20.5 Å². The smallest absolute Gasteiger partial charge is 0.352 e. The van der Waals surface area contributed by atoms with Crippen molar-refractivity contribution in [3.63, 3.8) is 0 Å². The van der Waals surface area contributed by atoms with Gasteiger partial charge in [0.05, 0.1) is 11.3 Å². The lowest BCUT2D eigenvalue weighted by Crippen LogP contribution is -2.70. The molecule has 3 atom stereocenters. The summed E-state index contributed by atoms with van der Waals surface area (Å²) in [5.74, 6) is -2.77. The molecular weight excluding hydrogens is 617 g/mol. The highest BCUT2D eigenvalue weighted by Crippen LogP contribution is 2.43. The van der Waals surface area contributed by atoms with Crippen molar-refractivity contribution in [1.29, 1.82) is 0 Å². The topological polar surface area (TPSA) is 189 Å². The molecule has 2 aromatic heterocycles. The van der Waals surface area contributed by atoms with Gasteiger partial charge >= 0.3 is 11.9 Å². The number of carboxylic acids is 2. The number of benzene rings is 1. The van der Waals surface area contributed by atoms with Crippen LogP contribution in [0.5, 0.6) is 0 Å². The molecule has 40 heavy (non-hydrogen) atoms. The van der Waals surface area contributed by atoms with E-state index < -0.39 is 40.4 Å². The Balaban J connectivity index is 1.34. The molecule has 2 amide bonds. The minimum absolute atomic E-state index is 0.0209. The zero-order valence-electron chi connectivity index (χ0n) is 20.5. The average Bonchev–Trinajstić information content (AvgIpc) is 3.55. The van der Waals surface area contributed by atoms with E-state index >= 15 is 0 Å². The number of carbonyl (C=O) groups is 4. The molecule has 17 heteroatoms. The van der Waals surface area contributed by atoms with Crippen molar-refractivity contribution in [1.82, 2.24) is 25.4 Å². The lowest BCUT2D eigenvalue weighted by atomic mass is 10.0. The van der Waals surface area contributed by atoms with Gasteiger partial charge in [0.1, 0.15) is 27.4 Å². The van der Waals surface area contributed by atoms with Gasteiger partial charge in [-0.2, -0.15) is 0 Å². The number of nitrogens with one attached hydrogen (secondary N) is 1. The van der Waals surface area contributed by atoms with E-state index in [-0.39, 0.29) is 16.4 Å². The fourth-order valence-electron chi connectivity index (χ4n) is 4.05. The summed E-state index contributed by atoms with van der Waals surface area (Å²) in [5.41, 5.74) is 6.64. The third-order valence-electron chi connectivity index (χ3n) is 5.83. The largest absolute Gasteiger partial charge is 0.478 e. The summed E-state index contributed by atoms with van der Waals surface area (Å²) in [6.45, 7) is 1.83. The van der Waals surface area contributed by atoms with Crippen LogP contribution >= 0.6 is 58.0 Å². The number of nitrogens with zero attached hydrogens (tertiary/aromatic N) is 4. The van der Waals surface area contributed by atoms with Crippen molar-refractivity contribution in [3.8, 4) is 0 Å². The molecule has 0 radical (unpaired) electrons. The molecule has 1 aromatic carbocycles. The SMILES string of the molecule is Cc1nnc(SCC2=C(C(=O)O)N3C(=O)C(NC(=O)C(Sc4ccccc4C(=O)O)c4csc(N)n4)[C@@H]3SC2)s1. The number of carboxylic acid groups (broad SMARTS) is 2. The van der Waals surface area contributed by atoms with Crippen LogP contribution in [-0.2, 0) is 14.4 Å². The van der Waals surface area contributed by atoms with Crippen LogP contribution in [-0.4, -0.2) is 77.0 Å². The quantitative estimate of drug-likeness (QED) is 0.188. The lowest BCUT2D eigenvalue weighted by Gasteiger charge is -2.49.